The van der Waals surface area contributed by atoms with Crippen molar-refractivity contribution in [2.24, 2.45) is 7.05 Å². The second-order valence-corrected chi connectivity index (χ2v) is 4.29. The molecule has 0 aliphatic heterocycles. The molecule has 2 heterocycles. The highest BCUT2D eigenvalue weighted by Crippen LogP contribution is 2.28. The van der Waals surface area contributed by atoms with Crippen LogP contribution in [0.4, 0.5) is 5.82 Å². The highest BCUT2D eigenvalue weighted by Gasteiger charge is 2.10. The Labute approximate surface area is 109 Å². The first-order valence-corrected chi connectivity index (χ1v) is 5.76. The van der Waals surface area contributed by atoms with Gasteiger partial charge in [0.2, 0.25) is 0 Å². The Morgan fingerprint density at radius 3 is 2.89 bits per heavy atom. The van der Waals surface area contributed by atoms with E-state index in [1.165, 1.54) is 0 Å². The van der Waals surface area contributed by atoms with E-state index >= 15 is 0 Å². The third kappa shape index (κ3) is 1.70. The van der Waals surface area contributed by atoms with Gasteiger partial charge in [-0.15, -0.1) is 0 Å². The fourth-order valence-corrected chi connectivity index (χ4v) is 2.14. The zero-order valence-corrected chi connectivity index (χ0v) is 10.3. The van der Waals surface area contributed by atoms with E-state index in [1.807, 2.05) is 29.8 Å². The zero-order chi connectivity index (χ0) is 13.4. The molecule has 92 valence electrons. The van der Waals surface area contributed by atoms with Crippen molar-refractivity contribution >= 4 is 16.9 Å². The molecule has 0 amide bonds. The van der Waals surface area contributed by atoms with Gasteiger partial charge in [-0.05, 0) is 23.8 Å². The van der Waals surface area contributed by atoms with Crippen molar-refractivity contribution in [3.8, 4) is 17.2 Å². The van der Waals surface area contributed by atoms with E-state index in [0.29, 0.717) is 5.56 Å². The van der Waals surface area contributed by atoms with E-state index in [0.717, 1.165) is 22.2 Å². The SMILES string of the molecule is Cn1cnc2cc(-c3ccnc(N)c3C#N)ccc21. The Morgan fingerprint density at radius 2 is 2.11 bits per heavy atom. The van der Waals surface area contributed by atoms with Crippen molar-refractivity contribution in [1.29, 1.82) is 5.26 Å². The second kappa shape index (κ2) is 4.10. The number of imidazole rings is 1. The summed E-state index contributed by atoms with van der Waals surface area (Å²) in [5.74, 6) is 0.251. The Balaban J connectivity index is 2.25. The summed E-state index contributed by atoms with van der Waals surface area (Å²) in [4.78, 5) is 8.25. The fourth-order valence-electron chi connectivity index (χ4n) is 2.14. The highest BCUT2D eigenvalue weighted by atomic mass is 15.0. The average Bonchev–Trinajstić information content (AvgIpc) is 2.79. The third-order valence-corrected chi connectivity index (χ3v) is 3.13. The molecule has 0 saturated carbocycles. The summed E-state index contributed by atoms with van der Waals surface area (Å²) in [5.41, 5.74) is 9.76. The summed E-state index contributed by atoms with van der Waals surface area (Å²) in [6.07, 6.45) is 3.37. The summed E-state index contributed by atoms with van der Waals surface area (Å²) < 4.78 is 1.95. The number of hydrogen-bond donors (Lipinski definition) is 1. The van der Waals surface area contributed by atoms with Gasteiger partial charge < -0.3 is 10.3 Å². The standard InChI is InChI=1S/C14H11N5/c1-19-8-18-12-6-9(2-3-13(12)19)10-4-5-17-14(16)11(10)7-15/h2-6,8H,1H3,(H2,16,17). The first-order chi connectivity index (χ1) is 9.20. The molecule has 0 fully saturated rings. The first-order valence-electron chi connectivity index (χ1n) is 5.76. The lowest BCUT2D eigenvalue weighted by Crippen LogP contribution is -1.96. The van der Waals surface area contributed by atoms with Gasteiger partial charge in [-0.25, -0.2) is 9.97 Å². The number of anilines is 1. The van der Waals surface area contributed by atoms with Crippen LogP contribution in [0.2, 0.25) is 0 Å². The smallest absolute Gasteiger partial charge is 0.141 e. The molecular weight excluding hydrogens is 238 g/mol. The van der Waals surface area contributed by atoms with E-state index in [-0.39, 0.29) is 5.82 Å². The Morgan fingerprint density at radius 1 is 1.26 bits per heavy atom. The van der Waals surface area contributed by atoms with Crippen LogP contribution in [0.1, 0.15) is 5.56 Å². The molecule has 2 N–H and O–H groups in total. The predicted octanol–water partition coefficient (Wildman–Crippen LogP) is 2.09. The van der Waals surface area contributed by atoms with Crippen LogP contribution in [0, 0.1) is 11.3 Å². The molecule has 0 bridgehead atoms. The number of benzene rings is 1. The molecule has 3 aromatic rings. The molecule has 0 unspecified atom stereocenters. The van der Waals surface area contributed by atoms with E-state index in [2.05, 4.69) is 16.0 Å². The van der Waals surface area contributed by atoms with E-state index < -0.39 is 0 Å². The molecule has 5 nitrogen and oxygen atoms in total. The van der Waals surface area contributed by atoms with Crippen LogP contribution in [0.15, 0.2) is 36.8 Å². The number of fused-ring (bicyclic) bond motifs is 1. The third-order valence-electron chi connectivity index (χ3n) is 3.13. The minimum Gasteiger partial charge on any atom is -0.383 e. The molecule has 19 heavy (non-hydrogen) atoms. The maximum Gasteiger partial charge on any atom is 0.141 e. The number of nitrogen functional groups attached to an aromatic ring is 1. The lowest BCUT2D eigenvalue weighted by Gasteiger charge is -2.06. The number of aromatic nitrogens is 3. The highest BCUT2D eigenvalue weighted by molar-refractivity contribution is 5.84. The van der Waals surface area contributed by atoms with Gasteiger partial charge in [0.25, 0.3) is 0 Å². The molecule has 0 radical (unpaired) electrons. The number of nitrogens with two attached hydrogens (primary N) is 1. The van der Waals surface area contributed by atoms with Crippen molar-refractivity contribution in [3.63, 3.8) is 0 Å². The van der Waals surface area contributed by atoms with Crippen LogP contribution in [-0.4, -0.2) is 14.5 Å². The van der Waals surface area contributed by atoms with Crippen LogP contribution in [-0.2, 0) is 7.05 Å². The molecule has 2 aromatic heterocycles. The molecule has 0 aliphatic carbocycles. The minimum absolute atomic E-state index is 0.251. The molecule has 0 spiro atoms. The Hall–Kier alpha value is -2.87. The summed E-state index contributed by atoms with van der Waals surface area (Å²) >= 11 is 0. The van der Waals surface area contributed by atoms with Gasteiger partial charge in [-0.1, -0.05) is 6.07 Å². The van der Waals surface area contributed by atoms with E-state index in [1.54, 1.807) is 18.6 Å². The number of nitriles is 1. The quantitative estimate of drug-likeness (QED) is 0.716. The number of aryl methyl sites for hydroxylation is 1. The van der Waals surface area contributed by atoms with Crippen LogP contribution in [0.5, 0.6) is 0 Å². The number of pyridine rings is 1. The average molecular weight is 249 g/mol. The number of hydrogen-bond acceptors (Lipinski definition) is 4. The van der Waals surface area contributed by atoms with Gasteiger partial charge in [0, 0.05) is 18.8 Å². The normalized spacial score (nSPS) is 10.5. The van der Waals surface area contributed by atoms with Crippen LogP contribution >= 0.6 is 0 Å². The fraction of sp³-hybridized carbons (Fsp3) is 0.0714. The molecular formula is C14H11N5. The van der Waals surface area contributed by atoms with E-state index in [4.69, 9.17) is 5.73 Å². The summed E-state index contributed by atoms with van der Waals surface area (Å²) in [6, 6.07) is 9.78. The van der Waals surface area contributed by atoms with Crippen molar-refractivity contribution in [3.05, 3.63) is 42.4 Å². The lowest BCUT2D eigenvalue weighted by molar-refractivity contribution is 0.948. The summed E-state index contributed by atoms with van der Waals surface area (Å²) in [7, 11) is 1.94. The lowest BCUT2D eigenvalue weighted by atomic mass is 10.0. The topological polar surface area (TPSA) is 80.5 Å². The van der Waals surface area contributed by atoms with Crippen molar-refractivity contribution < 1.29 is 0 Å². The van der Waals surface area contributed by atoms with Crippen molar-refractivity contribution in [2.75, 3.05) is 5.73 Å². The van der Waals surface area contributed by atoms with Gasteiger partial charge in [-0.2, -0.15) is 5.26 Å². The molecule has 0 saturated heterocycles. The molecule has 3 rings (SSSR count). The monoisotopic (exact) mass is 249 g/mol. The summed E-state index contributed by atoms with van der Waals surface area (Å²) in [6.45, 7) is 0. The van der Waals surface area contributed by atoms with Crippen molar-refractivity contribution in [1.82, 2.24) is 14.5 Å². The first kappa shape index (κ1) is 11.2. The van der Waals surface area contributed by atoms with E-state index in [9.17, 15) is 5.26 Å². The second-order valence-electron chi connectivity index (χ2n) is 4.29. The maximum absolute atomic E-state index is 9.19. The molecule has 0 aliphatic rings. The minimum atomic E-state index is 0.251. The van der Waals surface area contributed by atoms with Crippen LogP contribution < -0.4 is 5.73 Å². The van der Waals surface area contributed by atoms with Crippen LogP contribution in [0.25, 0.3) is 22.2 Å². The summed E-state index contributed by atoms with van der Waals surface area (Å²) in [5, 5.41) is 9.19. The van der Waals surface area contributed by atoms with Gasteiger partial charge >= 0.3 is 0 Å². The maximum atomic E-state index is 9.19. The van der Waals surface area contributed by atoms with Crippen molar-refractivity contribution in [2.45, 2.75) is 0 Å². The Kier molecular flexibility index (Phi) is 2.43. The van der Waals surface area contributed by atoms with Gasteiger partial charge in [0.15, 0.2) is 0 Å². The number of rotatable bonds is 1. The Bertz CT molecular complexity index is 810. The van der Waals surface area contributed by atoms with Crippen LogP contribution in [0.3, 0.4) is 0 Å². The largest absolute Gasteiger partial charge is 0.383 e. The number of nitrogens with zero attached hydrogens (tertiary/aromatic N) is 4. The predicted molar refractivity (Wildman–Crippen MR) is 73.1 cm³/mol. The van der Waals surface area contributed by atoms with Gasteiger partial charge in [-0.3, -0.25) is 0 Å². The molecule has 1 aromatic carbocycles. The molecule has 0 atom stereocenters. The van der Waals surface area contributed by atoms with Gasteiger partial charge in [0.05, 0.1) is 17.4 Å². The van der Waals surface area contributed by atoms with Gasteiger partial charge in [0.1, 0.15) is 17.5 Å². The zero-order valence-electron chi connectivity index (χ0n) is 10.3. The molecule has 5 heteroatoms.